The van der Waals surface area contributed by atoms with E-state index in [1.54, 1.807) is 95.2 Å². The van der Waals surface area contributed by atoms with Crippen molar-refractivity contribution in [1.29, 1.82) is 0 Å². The molecule has 0 aromatic heterocycles. The second kappa shape index (κ2) is 24.3. The van der Waals surface area contributed by atoms with Crippen molar-refractivity contribution in [3.05, 3.63) is 41.0 Å². The predicted molar refractivity (Wildman–Crippen MR) is 298 cm³/mol. The van der Waals surface area contributed by atoms with Gasteiger partial charge in [0.25, 0.3) is 6.48 Å². The average molecular weight is 1150 g/mol. The third kappa shape index (κ3) is 14.7. The number of hydrogen-bond acceptors (Lipinski definition) is 17. The van der Waals surface area contributed by atoms with Gasteiger partial charge in [0.1, 0.15) is 29.7 Å². The number of allylic oxidation sites excluding steroid dienone is 1. The van der Waals surface area contributed by atoms with Crippen LogP contribution in [0.25, 0.3) is 0 Å². The average Bonchev–Trinajstić information content (AvgIpc) is 3.65. The molecule has 452 valence electrons. The van der Waals surface area contributed by atoms with E-state index in [1.807, 2.05) is 19.9 Å². The van der Waals surface area contributed by atoms with Gasteiger partial charge in [-0.25, -0.2) is 14.2 Å². The fraction of sp³-hybridized carbons (Fsp3) is 0.803. The summed E-state index contributed by atoms with van der Waals surface area (Å²) in [5.74, 6) is -0.548. The topological polar surface area (TPSA) is 221 Å². The minimum absolute atomic E-state index is 0.0335. The predicted octanol–water partition coefficient (Wildman–Crippen LogP) is 12.6. The Balaban J connectivity index is 1.19. The van der Waals surface area contributed by atoms with E-state index in [0.717, 1.165) is 56.9 Å². The van der Waals surface area contributed by atoms with E-state index in [1.165, 1.54) is 11.0 Å². The molecule has 5 aliphatic carbocycles. The number of ether oxygens (including phenoxy) is 7. The third-order valence-corrected chi connectivity index (χ3v) is 19.0. The number of aliphatic hydroxyl groups is 2. The molecule has 1 aromatic rings. The summed E-state index contributed by atoms with van der Waals surface area (Å²) in [6.45, 7) is 25.7. The number of phosphoric acid groups is 1. The van der Waals surface area contributed by atoms with Crippen molar-refractivity contribution >= 4 is 31.6 Å². The molecule has 7 rings (SSSR count). The monoisotopic (exact) mass is 1150 g/mol. The zero-order chi connectivity index (χ0) is 59.2. The molecule has 1 saturated heterocycles. The highest BCUT2D eigenvalue weighted by Crippen LogP contribution is 2.71. The number of phosphoric ester groups is 1. The molecule has 1 amide bonds. The molecule has 0 bridgehead atoms. The molecule has 1 aromatic carbocycles. The van der Waals surface area contributed by atoms with Crippen LogP contribution in [0.1, 0.15) is 205 Å². The number of carbonyl (C=O) groups is 4. The van der Waals surface area contributed by atoms with E-state index in [4.69, 9.17) is 46.7 Å². The maximum absolute atomic E-state index is 15.4. The van der Waals surface area contributed by atoms with Crippen molar-refractivity contribution in [2.45, 2.75) is 254 Å². The number of aliphatic hydroxyl groups excluding tert-OH is 2. The molecule has 18 nitrogen and oxygen atoms in total. The van der Waals surface area contributed by atoms with Crippen molar-refractivity contribution in [3.8, 4) is 5.75 Å². The van der Waals surface area contributed by atoms with Crippen LogP contribution in [-0.2, 0) is 63.0 Å². The fourth-order valence-corrected chi connectivity index (χ4v) is 15.9. The maximum Gasteiger partial charge on any atom is 0.531 e. The molecule has 4 saturated carbocycles. The van der Waals surface area contributed by atoms with Crippen molar-refractivity contribution < 1.29 is 80.7 Å². The van der Waals surface area contributed by atoms with Gasteiger partial charge in [-0.05, 0) is 181 Å². The van der Waals surface area contributed by atoms with Gasteiger partial charge < -0.3 is 52.8 Å². The van der Waals surface area contributed by atoms with E-state index in [9.17, 15) is 29.2 Å². The Hall–Kier alpha value is -3.45. The zero-order valence-corrected chi connectivity index (χ0v) is 51.7. The smallest absolute Gasteiger partial charge is 0.444 e. The van der Waals surface area contributed by atoms with Gasteiger partial charge in [-0.1, -0.05) is 65.0 Å². The van der Waals surface area contributed by atoms with Crippen LogP contribution in [0.2, 0.25) is 0 Å². The lowest BCUT2D eigenvalue weighted by molar-refractivity contribution is -0.270. The second-order valence-corrected chi connectivity index (χ2v) is 29.6. The second-order valence-electron chi connectivity index (χ2n) is 28.1. The lowest BCUT2D eigenvalue weighted by Crippen LogP contribution is -2.64. The van der Waals surface area contributed by atoms with Gasteiger partial charge in [0.15, 0.2) is 23.5 Å². The third-order valence-electron chi connectivity index (χ3n) is 17.0. The summed E-state index contributed by atoms with van der Waals surface area (Å²) in [6.07, 6.45) is 6.63. The summed E-state index contributed by atoms with van der Waals surface area (Å²) < 4.78 is 76.2. The minimum atomic E-state index is -4.45. The summed E-state index contributed by atoms with van der Waals surface area (Å²) in [4.78, 5) is 56.9. The molecule has 1 aliphatic heterocycles. The fourth-order valence-electron chi connectivity index (χ4n) is 14.1. The Labute approximate surface area is 475 Å². The van der Waals surface area contributed by atoms with Crippen molar-refractivity contribution in [1.82, 2.24) is 4.90 Å². The number of hydrogen-bond donors (Lipinski definition) is 2. The first-order valence-electron chi connectivity index (χ1n) is 29.4. The summed E-state index contributed by atoms with van der Waals surface area (Å²) in [6, 6.07) is 4.59. The number of Topliss-reactive ketones (excluding diaryl/α,β-unsaturated/α-hetero) is 1. The van der Waals surface area contributed by atoms with Gasteiger partial charge in [-0.2, -0.15) is 0 Å². The molecule has 0 spiro atoms. The number of nitrogens with zero attached hydrogens (tertiary/aromatic N) is 1. The number of amides is 1. The molecular weight excluding hydrogens is 1050 g/mol. The molecule has 80 heavy (non-hydrogen) atoms. The van der Waals surface area contributed by atoms with Crippen LogP contribution in [0.5, 0.6) is 5.75 Å². The lowest BCUT2D eigenvalue weighted by atomic mass is 9.45. The maximum atomic E-state index is 15.4. The van der Waals surface area contributed by atoms with Gasteiger partial charge in [-0.15, -0.1) is 0 Å². The van der Waals surface area contributed by atoms with Crippen LogP contribution in [0.4, 0.5) is 9.59 Å². The van der Waals surface area contributed by atoms with E-state index >= 15 is 4.79 Å². The molecule has 12 unspecified atom stereocenters. The summed E-state index contributed by atoms with van der Waals surface area (Å²) in [7, 11) is -4.45. The highest BCUT2D eigenvalue weighted by atomic mass is 31.2. The Morgan fingerprint density at radius 2 is 1.50 bits per heavy atom. The number of carbonyl (C=O) groups excluding carboxylic acids is 4. The first-order chi connectivity index (χ1) is 37.0. The lowest BCUT2D eigenvalue weighted by Gasteiger charge is -2.61. The first-order valence-corrected chi connectivity index (χ1v) is 30.9. The quantitative estimate of drug-likeness (QED) is 0.0604. The van der Waals surface area contributed by atoms with Gasteiger partial charge in [-0.3, -0.25) is 18.6 Å². The highest BCUT2D eigenvalue weighted by Gasteiger charge is 2.76. The Morgan fingerprint density at radius 1 is 0.863 bits per heavy atom. The van der Waals surface area contributed by atoms with Crippen LogP contribution >= 0.6 is 7.82 Å². The molecular formula is C61H96NO17P. The van der Waals surface area contributed by atoms with Crippen molar-refractivity contribution in [3.63, 3.8) is 0 Å². The molecule has 6 aliphatic rings. The van der Waals surface area contributed by atoms with Crippen LogP contribution < -0.4 is 4.52 Å². The highest BCUT2D eigenvalue weighted by molar-refractivity contribution is 7.49. The summed E-state index contributed by atoms with van der Waals surface area (Å²) >= 11 is 0. The number of fused-ring (bicyclic) bond motifs is 7. The SMILES string of the molecule is CCCN(CC(OC(=O)OC(C)(C)C)c1ccc(OP(=O)(OC(C)(C)C)OC(C)(C)C)c(COC(O)OCC(=O)C23OC(C4CCCCCC4)OC2CC2C4CCC5=CC(=O)C(C)CC5(C)C4C(O)CC23C)c1)C(=O)OC(C)(C)C. The van der Waals surface area contributed by atoms with E-state index < -0.39 is 104 Å². The molecule has 1 heterocycles. The van der Waals surface area contributed by atoms with Crippen LogP contribution in [-0.4, -0.2) is 112 Å². The van der Waals surface area contributed by atoms with E-state index in [2.05, 4.69) is 13.8 Å². The minimum Gasteiger partial charge on any atom is -0.444 e. The van der Waals surface area contributed by atoms with Crippen molar-refractivity contribution in [2.75, 3.05) is 19.7 Å². The van der Waals surface area contributed by atoms with Gasteiger partial charge in [0.05, 0.1) is 36.6 Å². The Bertz CT molecular complexity index is 2440. The van der Waals surface area contributed by atoms with E-state index in [-0.39, 0.29) is 71.6 Å². The molecule has 5 fully saturated rings. The Kier molecular flexibility index (Phi) is 19.4. The van der Waals surface area contributed by atoms with Crippen LogP contribution in [0.3, 0.4) is 0 Å². The molecule has 12 atom stereocenters. The number of ketones is 2. The molecule has 0 radical (unpaired) electrons. The molecule has 19 heteroatoms. The molecule has 2 N–H and O–H groups in total. The standard InChI is InChI=1S/C61H96NO17P/c1-17-28-62(52(66)75-55(3,4)5)34-47(72-54(68)76-56(6,7)8)39-24-27-46(77-80(69,78-57(9,10)11)79-58(12,13)14)40(29-39)35-70-53(67)71-36-48(65)61-49(73-51(74-61)38-22-20-18-19-21-23-38)31-43-42-26-25-41-30-44(63)37(2)32-59(41,15)50(42)45(64)33-60(43,61)16/h24,27,29-30,37-38,42-43,45,47,49-51,53,64,67H,17-23,25-26,28,31-36H2,1-16H3. The van der Waals surface area contributed by atoms with Gasteiger partial charge in [0.2, 0.25) is 0 Å². The zero-order valence-electron chi connectivity index (χ0n) is 50.8. The van der Waals surface area contributed by atoms with Gasteiger partial charge >= 0.3 is 20.1 Å². The summed E-state index contributed by atoms with van der Waals surface area (Å²) in [5, 5.41) is 24.1. The van der Waals surface area contributed by atoms with Crippen LogP contribution in [0.15, 0.2) is 29.8 Å². The summed E-state index contributed by atoms with van der Waals surface area (Å²) in [5.41, 5.74) is -4.93. The van der Waals surface area contributed by atoms with Crippen LogP contribution in [0, 0.1) is 40.4 Å². The normalized spacial score (nSPS) is 31.1. The first kappa shape index (κ1) is 64.1. The Morgan fingerprint density at radius 3 is 2.10 bits per heavy atom. The number of rotatable bonds is 18. The van der Waals surface area contributed by atoms with E-state index in [0.29, 0.717) is 24.8 Å². The van der Waals surface area contributed by atoms with Gasteiger partial charge in [0, 0.05) is 29.4 Å². The largest absolute Gasteiger partial charge is 0.531 e. The number of benzene rings is 1. The van der Waals surface area contributed by atoms with Crippen molar-refractivity contribution in [2.24, 2.45) is 40.4 Å².